The fourth-order valence-electron chi connectivity index (χ4n) is 4.59. The van der Waals surface area contributed by atoms with Crippen molar-refractivity contribution >= 4 is 5.91 Å². The fraction of sp³-hybridized carbons (Fsp3) is 0.429. The Morgan fingerprint density at radius 3 is 2.72 bits per heavy atom. The van der Waals surface area contributed by atoms with E-state index in [4.69, 9.17) is 0 Å². The van der Waals surface area contributed by atoms with Crippen molar-refractivity contribution in [2.24, 2.45) is 18.9 Å². The highest BCUT2D eigenvalue weighted by Crippen LogP contribution is 2.33. The second-order valence-electron chi connectivity index (χ2n) is 8.16. The molecule has 1 fully saturated rings. The Kier molecular flexibility index (Phi) is 4.63. The van der Waals surface area contributed by atoms with Crippen molar-refractivity contribution in [2.75, 3.05) is 13.1 Å². The van der Waals surface area contributed by atoms with Gasteiger partial charge in [0.2, 0.25) is 5.82 Å². The number of nitrogens with zero attached hydrogens (tertiary/aromatic N) is 6. The average Bonchev–Trinajstić information content (AvgIpc) is 3.43. The summed E-state index contributed by atoms with van der Waals surface area (Å²) in [7, 11) is 1.95. The molecule has 5 rings (SSSR count). The minimum absolute atomic E-state index is 0.156. The number of rotatable bonds is 5. The molecule has 1 N–H and O–H groups in total. The molecule has 1 saturated heterocycles. The predicted octanol–water partition coefficient (Wildman–Crippen LogP) is 1.25. The number of carbonyl (C=O) groups is 1. The van der Waals surface area contributed by atoms with Crippen molar-refractivity contribution in [3.63, 3.8) is 0 Å². The SMILES string of the molecule is Cn1cc(CN2C[C@@H]3Cn4c(nnc4C(=O)NCc4ccccc4)C[C@H]3C2)cn1. The third-order valence-corrected chi connectivity index (χ3v) is 6.00. The first kappa shape index (κ1) is 18.1. The zero-order chi connectivity index (χ0) is 19.8. The third kappa shape index (κ3) is 3.67. The second-order valence-corrected chi connectivity index (χ2v) is 8.16. The van der Waals surface area contributed by atoms with E-state index < -0.39 is 0 Å². The van der Waals surface area contributed by atoms with Gasteiger partial charge in [-0.3, -0.25) is 14.4 Å². The summed E-state index contributed by atoms with van der Waals surface area (Å²) in [5.41, 5.74) is 2.31. The summed E-state index contributed by atoms with van der Waals surface area (Å²) < 4.78 is 3.87. The van der Waals surface area contributed by atoms with Crippen LogP contribution in [0, 0.1) is 11.8 Å². The molecule has 0 spiro atoms. The Hall–Kier alpha value is -3.00. The molecule has 29 heavy (non-hydrogen) atoms. The minimum Gasteiger partial charge on any atom is -0.345 e. The molecule has 0 radical (unpaired) electrons. The van der Waals surface area contributed by atoms with Gasteiger partial charge in [-0.25, -0.2) is 0 Å². The number of hydrogen-bond acceptors (Lipinski definition) is 5. The molecule has 150 valence electrons. The highest BCUT2D eigenvalue weighted by molar-refractivity contribution is 5.90. The van der Waals surface area contributed by atoms with Crippen LogP contribution in [0.4, 0.5) is 0 Å². The van der Waals surface area contributed by atoms with Gasteiger partial charge in [0, 0.05) is 58.0 Å². The van der Waals surface area contributed by atoms with Crippen LogP contribution in [0.2, 0.25) is 0 Å². The molecule has 3 aromatic rings. The van der Waals surface area contributed by atoms with Crippen molar-refractivity contribution in [1.82, 2.24) is 34.8 Å². The second kappa shape index (κ2) is 7.44. The van der Waals surface area contributed by atoms with E-state index in [0.29, 0.717) is 24.2 Å². The Balaban J connectivity index is 1.24. The van der Waals surface area contributed by atoms with E-state index in [1.54, 1.807) is 0 Å². The molecule has 2 aromatic heterocycles. The topological polar surface area (TPSA) is 80.9 Å². The van der Waals surface area contributed by atoms with Crippen LogP contribution in [0.1, 0.15) is 27.6 Å². The highest BCUT2D eigenvalue weighted by atomic mass is 16.2. The molecule has 1 aromatic carbocycles. The van der Waals surface area contributed by atoms with E-state index in [1.807, 2.05) is 52.8 Å². The number of amides is 1. The summed E-state index contributed by atoms with van der Waals surface area (Å²) in [6.45, 7) is 4.31. The van der Waals surface area contributed by atoms with Gasteiger partial charge >= 0.3 is 0 Å². The van der Waals surface area contributed by atoms with Crippen LogP contribution in [-0.4, -0.2) is 48.4 Å². The first-order valence-corrected chi connectivity index (χ1v) is 10.1. The monoisotopic (exact) mass is 391 g/mol. The number of aryl methyl sites for hydroxylation is 1. The summed E-state index contributed by atoms with van der Waals surface area (Å²) in [6.07, 6.45) is 4.89. The van der Waals surface area contributed by atoms with Crippen molar-refractivity contribution < 1.29 is 4.79 Å². The highest BCUT2D eigenvalue weighted by Gasteiger charge is 2.39. The molecule has 0 bridgehead atoms. The van der Waals surface area contributed by atoms with Crippen molar-refractivity contribution in [3.8, 4) is 0 Å². The maximum atomic E-state index is 12.7. The zero-order valence-electron chi connectivity index (χ0n) is 16.5. The van der Waals surface area contributed by atoms with Crippen LogP contribution in [-0.2, 0) is 33.1 Å². The number of likely N-dealkylation sites (tertiary alicyclic amines) is 1. The first-order chi connectivity index (χ1) is 14.2. The van der Waals surface area contributed by atoms with Gasteiger partial charge in [0.15, 0.2) is 0 Å². The van der Waals surface area contributed by atoms with Gasteiger partial charge < -0.3 is 9.88 Å². The quantitative estimate of drug-likeness (QED) is 0.708. The Bertz CT molecular complexity index is 1010. The smallest absolute Gasteiger partial charge is 0.289 e. The standard InChI is InChI=1S/C21H25N7O/c1-26-10-16(9-23-26)11-27-12-17-7-19-24-25-20(28(19)14-18(17)13-27)21(29)22-8-15-5-3-2-4-6-15/h2-6,9-10,17-18H,7-8,11-14H2,1H3,(H,22,29)/t17-,18+/m0/s1. The van der Waals surface area contributed by atoms with E-state index in [0.717, 1.165) is 44.0 Å². The molecular weight excluding hydrogens is 366 g/mol. The van der Waals surface area contributed by atoms with Crippen LogP contribution in [0.15, 0.2) is 42.7 Å². The minimum atomic E-state index is -0.156. The van der Waals surface area contributed by atoms with Crippen molar-refractivity contribution in [1.29, 1.82) is 0 Å². The molecule has 1 amide bonds. The molecule has 2 aliphatic heterocycles. The molecule has 0 aliphatic carbocycles. The van der Waals surface area contributed by atoms with Gasteiger partial charge in [0.05, 0.1) is 6.20 Å². The molecule has 4 heterocycles. The van der Waals surface area contributed by atoms with Gasteiger partial charge in [-0.05, 0) is 17.4 Å². The Morgan fingerprint density at radius 1 is 1.10 bits per heavy atom. The summed E-state index contributed by atoms with van der Waals surface area (Å²) in [5.74, 6) is 2.30. The molecule has 2 atom stereocenters. The molecule has 0 unspecified atom stereocenters. The average molecular weight is 391 g/mol. The van der Waals surface area contributed by atoms with Gasteiger partial charge in [-0.15, -0.1) is 10.2 Å². The summed E-state index contributed by atoms with van der Waals surface area (Å²) in [4.78, 5) is 15.2. The molecular formula is C21H25N7O. The number of hydrogen-bond donors (Lipinski definition) is 1. The van der Waals surface area contributed by atoms with E-state index >= 15 is 0 Å². The summed E-state index contributed by atoms with van der Waals surface area (Å²) in [6, 6.07) is 9.91. The van der Waals surface area contributed by atoms with Crippen molar-refractivity contribution in [3.05, 3.63) is 65.5 Å². The predicted molar refractivity (Wildman–Crippen MR) is 107 cm³/mol. The maximum Gasteiger partial charge on any atom is 0.289 e. The first-order valence-electron chi connectivity index (χ1n) is 10.1. The van der Waals surface area contributed by atoms with Gasteiger partial charge in [0.25, 0.3) is 5.91 Å². The van der Waals surface area contributed by atoms with Gasteiger partial charge in [-0.1, -0.05) is 30.3 Å². The van der Waals surface area contributed by atoms with Crippen LogP contribution in [0.3, 0.4) is 0 Å². The fourth-order valence-corrected chi connectivity index (χ4v) is 4.59. The number of nitrogens with one attached hydrogen (secondary N) is 1. The van der Waals surface area contributed by atoms with E-state index in [9.17, 15) is 4.79 Å². The lowest BCUT2D eigenvalue weighted by atomic mass is 9.89. The Labute approximate surface area is 169 Å². The molecule has 8 heteroatoms. The number of benzene rings is 1. The van der Waals surface area contributed by atoms with E-state index in [-0.39, 0.29) is 5.91 Å². The largest absolute Gasteiger partial charge is 0.345 e. The van der Waals surface area contributed by atoms with Crippen LogP contribution in [0.25, 0.3) is 0 Å². The van der Waals surface area contributed by atoms with Crippen LogP contribution >= 0.6 is 0 Å². The van der Waals surface area contributed by atoms with Gasteiger partial charge in [-0.2, -0.15) is 5.10 Å². The van der Waals surface area contributed by atoms with Crippen LogP contribution < -0.4 is 5.32 Å². The molecule has 8 nitrogen and oxygen atoms in total. The third-order valence-electron chi connectivity index (χ3n) is 6.00. The Morgan fingerprint density at radius 2 is 1.93 bits per heavy atom. The van der Waals surface area contributed by atoms with Crippen molar-refractivity contribution in [2.45, 2.75) is 26.1 Å². The summed E-state index contributed by atoms with van der Waals surface area (Å²) >= 11 is 0. The lowest BCUT2D eigenvalue weighted by Gasteiger charge is -2.25. The summed E-state index contributed by atoms with van der Waals surface area (Å²) in [5, 5.41) is 15.8. The lowest BCUT2D eigenvalue weighted by molar-refractivity contribution is 0.0932. The normalized spacial score (nSPS) is 21.0. The zero-order valence-corrected chi connectivity index (χ0v) is 16.5. The van der Waals surface area contributed by atoms with Crippen LogP contribution in [0.5, 0.6) is 0 Å². The van der Waals surface area contributed by atoms with E-state index in [1.165, 1.54) is 5.56 Å². The maximum absolute atomic E-state index is 12.7. The number of aromatic nitrogens is 5. The van der Waals surface area contributed by atoms with Gasteiger partial charge in [0.1, 0.15) is 5.82 Å². The number of fused-ring (bicyclic) bond motifs is 2. The number of carbonyl (C=O) groups excluding carboxylic acids is 1. The van der Waals surface area contributed by atoms with E-state index in [2.05, 4.69) is 31.7 Å². The molecule has 2 aliphatic rings. The lowest BCUT2D eigenvalue weighted by Crippen LogP contribution is -2.32. The molecule has 0 saturated carbocycles.